The number of H-pyrrole nitrogens is 1. The van der Waals surface area contributed by atoms with Gasteiger partial charge in [0.05, 0.1) is 6.20 Å². The quantitative estimate of drug-likeness (QED) is 0.764. The monoisotopic (exact) mass is 255 g/mol. The predicted octanol–water partition coefficient (Wildman–Crippen LogP) is 2.37. The van der Waals surface area contributed by atoms with E-state index in [1.807, 2.05) is 0 Å². The predicted molar refractivity (Wildman–Crippen MR) is 69.6 cm³/mol. The highest BCUT2D eigenvalue weighted by atomic mass is 19.1. The third-order valence-corrected chi connectivity index (χ3v) is 2.85. The zero-order valence-electron chi connectivity index (χ0n) is 9.88. The Morgan fingerprint density at radius 3 is 2.53 bits per heavy atom. The van der Waals surface area contributed by atoms with Gasteiger partial charge < -0.3 is 0 Å². The molecule has 0 aliphatic rings. The lowest BCUT2D eigenvalue weighted by Gasteiger charge is -2.07. The maximum absolute atomic E-state index is 12.9. The molecule has 0 aliphatic carbocycles. The first-order chi connectivity index (χ1) is 9.24. The van der Waals surface area contributed by atoms with Gasteiger partial charge >= 0.3 is 0 Å². The topological polar surface area (TPSA) is 50.7 Å². The van der Waals surface area contributed by atoms with E-state index >= 15 is 0 Å². The summed E-state index contributed by atoms with van der Waals surface area (Å²) in [6.07, 6.45) is 5.13. The van der Waals surface area contributed by atoms with Crippen LogP contribution in [0.25, 0.3) is 16.8 Å². The van der Waals surface area contributed by atoms with Gasteiger partial charge in [-0.3, -0.25) is 14.5 Å². The van der Waals surface area contributed by atoms with E-state index in [1.54, 1.807) is 36.8 Å². The minimum absolute atomic E-state index is 0.168. The maximum Gasteiger partial charge on any atom is 0.255 e. The number of aromatic amines is 1. The van der Waals surface area contributed by atoms with Crippen LogP contribution >= 0.6 is 0 Å². The van der Waals surface area contributed by atoms with Crippen molar-refractivity contribution in [1.82, 2.24) is 14.8 Å². The van der Waals surface area contributed by atoms with Gasteiger partial charge in [-0.15, -0.1) is 0 Å². The van der Waals surface area contributed by atoms with Crippen LogP contribution in [0.2, 0.25) is 0 Å². The third-order valence-electron chi connectivity index (χ3n) is 2.85. The fourth-order valence-electron chi connectivity index (χ4n) is 1.87. The number of nitrogens with one attached hydrogen (secondary N) is 1. The minimum atomic E-state index is -0.331. The number of pyridine rings is 1. The number of aromatic nitrogens is 3. The van der Waals surface area contributed by atoms with Gasteiger partial charge in [0, 0.05) is 35.3 Å². The van der Waals surface area contributed by atoms with Crippen LogP contribution < -0.4 is 5.56 Å². The molecule has 94 valence electrons. The van der Waals surface area contributed by atoms with Crippen LogP contribution in [-0.4, -0.2) is 14.8 Å². The number of hydrogen-bond donors (Lipinski definition) is 1. The van der Waals surface area contributed by atoms with Gasteiger partial charge in [0.1, 0.15) is 5.82 Å². The molecule has 1 N–H and O–H groups in total. The van der Waals surface area contributed by atoms with E-state index in [1.165, 1.54) is 22.8 Å². The number of benzene rings is 1. The summed E-state index contributed by atoms with van der Waals surface area (Å²) in [5.74, 6) is -0.331. The largest absolute Gasteiger partial charge is 0.285 e. The summed E-state index contributed by atoms with van der Waals surface area (Å²) in [5, 5.41) is 6.60. The first kappa shape index (κ1) is 11.4. The second-order valence-corrected chi connectivity index (χ2v) is 4.09. The Hall–Kier alpha value is -2.69. The van der Waals surface area contributed by atoms with E-state index in [4.69, 9.17) is 0 Å². The maximum atomic E-state index is 12.9. The zero-order valence-corrected chi connectivity index (χ0v) is 9.88. The normalized spacial score (nSPS) is 10.6. The average Bonchev–Trinajstić information content (AvgIpc) is 2.94. The van der Waals surface area contributed by atoms with E-state index < -0.39 is 0 Å². The Morgan fingerprint density at radius 2 is 1.84 bits per heavy atom. The van der Waals surface area contributed by atoms with Crippen LogP contribution in [0.15, 0.2) is 59.8 Å². The highest BCUT2D eigenvalue weighted by molar-refractivity contribution is 5.60. The summed E-state index contributed by atoms with van der Waals surface area (Å²) in [6, 6.07) is 8.99. The summed E-state index contributed by atoms with van der Waals surface area (Å²) in [6.45, 7) is 0. The Labute approximate surface area is 108 Å². The van der Waals surface area contributed by atoms with Gasteiger partial charge in [-0.1, -0.05) is 0 Å². The third kappa shape index (κ3) is 2.18. The summed E-state index contributed by atoms with van der Waals surface area (Å²) in [4.78, 5) is 11.9. The smallest absolute Gasteiger partial charge is 0.255 e. The van der Waals surface area contributed by atoms with Gasteiger partial charge in [-0.2, -0.15) is 5.10 Å². The van der Waals surface area contributed by atoms with Crippen LogP contribution in [0.5, 0.6) is 0 Å². The number of nitrogens with zero attached hydrogens (tertiary/aromatic N) is 2. The summed E-state index contributed by atoms with van der Waals surface area (Å²) in [5.41, 5.74) is 2.20. The molecule has 0 unspecified atom stereocenters. The minimum Gasteiger partial charge on any atom is -0.285 e. The average molecular weight is 255 g/mol. The van der Waals surface area contributed by atoms with Gasteiger partial charge in [-0.25, -0.2) is 4.39 Å². The molecule has 4 nitrogen and oxygen atoms in total. The number of rotatable bonds is 2. The highest BCUT2D eigenvalue weighted by Crippen LogP contribution is 2.17. The fourth-order valence-corrected chi connectivity index (χ4v) is 1.87. The van der Waals surface area contributed by atoms with Crippen molar-refractivity contribution in [3.63, 3.8) is 0 Å². The lowest BCUT2D eigenvalue weighted by Crippen LogP contribution is -2.16. The molecule has 0 amide bonds. The molecule has 2 heterocycles. The molecule has 0 fully saturated rings. The Kier molecular flexibility index (Phi) is 2.72. The van der Waals surface area contributed by atoms with Crippen LogP contribution in [0, 0.1) is 5.82 Å². The number of hydrogen-bond acceptors (Lipinski definition) is 2. The highest BCUT2D eigenvalue weighted by Gasteiger charge is 2.04. The molecule has 3 rings (SSSR count). The fraction of sp³-hybridized carbons (Fsp3) is 0. The molecule has 0 saturated heterocycles. The van der Waals surface area contributed by atoms with E-state index in [0.29, 0.717) is 5.69 Å². The molecular formula is C14H10FN3O. The zero-order chi connectivity index (χ0) is 13.2. The van der Waals surface area contributed by atoms with E-state index in [9.17, 15) is 9.18 Å². The molecule has 0 atom stereocenters. The van der Waals surface area contributed by atoms with Crippen molar-refractivity contribution in [3.8, 4) is 16.8 Å². The molecule has 3 aromatic rings. The molecular weight excluding hydrogens is 245 g/mol. The van der Waals surface area contributed by atoms with Gasteiger partial charge in [0.2, 0.25) is 0 Å². The molecule has 5 heteroatoms. The van der Waals surface area contributed by atoms with E-state index in [-0.39, 0.29) is 11.4 Å². The van der Waals surface area contributed by atoms with Crippen molar-refractivity contribution in [2.75, 3.05) is 0 Å². The Morgan fingerprint density at radius 1 is 1.05 bits per heavy atom. The first-order valence-electron chi connectivity index (χ1n) is 5.72. The standard InChI is InChI=1S/C14H10FN3O/c15-12-2-4-13(5-3-12)18-9-10(1-6-14(18)19)11-7-16-17-8-11/h1-9H,(H,16,17). The lowest BCUT2D eigenvalue weighted by atomic mass is 10.1. The molecule has 0 bridgehead atoms. The molecule has 0 aliphatic heterocycles. The van der Waals surface area contributed by atoms with Crippen molar-refractivity contribution in [3.05, 3.63) is 71.2 Å². The van der Waals surface area contributed by atoms with Crippen molar-refractivity contribution in [2.24, 2.45) is 0 Å². The molecule has 0 saturated carbocycles. The van der Waals surface area contributed by atoms with Gasteiger partial charge in [0.15, 0.2) is 0 Å². The Bertz CT molecular complexity index is 745. The molecule has 2 aromatic heterocycles. The summed E-state index contributed by atoms with van der Waals surface area (Å²) in [7, 11) is 0. The van der Waals surface area contributed by atoms with Gasteiger partial charge in [-0.05, 0) is 30.3 Å². The molecule has 1 aromatic carbocycles. The van der Waals surface area contributed by atoms with Crippen molar-refractivity contribution < 1.29 is 4.39 Å². The van der Waals surface area contributed by atoms with Crippen LogP contribution in [0.4, 0.5) is 4.39 Å². The summed E-state index contributed by atoms with van der Waals surface area (Å²) < 4.78 is 14.4. The van der Waals surface area contributed by atoms with E-state index in [2.05, 4.69) is 10.2 Å². The van der Waals surface area contributed by atoms with Crippen molar-refractivity contribution in [2.45, 2.75) is 0 Å². The van der Waals surface area contributed by atoms with Crippen molar-refractivity contribution in [1.29, 1.82) is 0 Å². The second-order valence-electron chi connectivity index (χ2n) is 4.09. The second kappa shape index (κ2) is 4.53. The van der Waals surface area contributed by atoms with E-state index in [0.717, 1.165) is 11.1 Å². The van der Waals surface area contributed by atoms with Crippen LogP contribution in [0.1, 0.15) is 0 Å². The van der Waals surface area contributed by atoms with Crippen LogP contribution in [-0.2, 0) is 0 Å². The van der Waals surface area contributed by atoms with Gasteiger partial charge in [0.25, 0.3) is 5.56 Å². The first-order valence-corrected chi connectivity index (χ1v) is 5.72. The summed E-state index contributed by atoms with van der Waals surface area (Å²) >= 11 is 0. The lowest BCUT2D eigenvalue weighted by molar-refractivity contribution is 0.627. The Balaban J connectivity index is 2.13. The molecule has 0 spiro atoms. The van der Waals surface area contributed by atoms with Crippen LogP contribution in [0.3, 0.4) is 0 Å². The molecule has 19 heavy (non-hydrogen) atoms. The SMILES string of the molecule is O=c1ccc(-c2cn[nH]c2)cn1-c1ccc(F)cc1. The van der Waals surface area contributed by atoms with Crippen molar-refractivity contribution >= 4 is 0 Å². The number of halogens is 1. The molecule has 0 radical (unpaired) electrons.